The van der Waals surface area contributed by atoms with Crippen molar-refractivity contribution in [2.45, 2.75) is 0 Å². The van der Waals surface area contributed by atoms with Crippen molar-refractivity contribution in [3.05, 3.63) is 53.0 Å². The molecular weight excluding hydrogens is 322 g/mol. The first-order chi connectivity index (χ1) is 9.67. The fourth-order valence-electron chi connectivity index (χ4n) is 1.58. The molecule has 0 aliphatic rings. The van der Waals surface area contributed by atoms with E-state index in [9.17, 15) is 4.79 Å². The highest BCUT2D eigenvalue weighted by Gasteiger charge is 2.04. The van der Waals surface area contributed by atoms with Crippen molar-refractivity contribution < 1.29 is 14.3 Å². The van der Waals surface area contributed by atoms with Gasteiger partial charge in [-0.25, -0.2) is 0 Å². The Morgan fingerprint density at radius 1 is 1.15 bits per heavy atom. The van der Waals surface area contributed by atoms with Crippen molar-refractivity contribution >= 4 is 27.5 Å². The molecule has 0 fully saturated rings. The number of benzene rings is 2. The molecule has 4 nitrogen and oxygen atoms in total. The van der Waals surface area contributed by atoms with Crippen LogP contribution >= 0.6 is 15.9 Å². The maximum atomic E-state index is 11.8. The highest BCUT2D eigenvalue weighted by Crippen LogP contribution is 2.17. The van der Waals surface area contributed by atoms with Gasteiger partial charge >= 0.3 is 0 Å². The minimum absolute atomic E-state index is 0.0428. The van der Waals surface area contributed by atoms with E-state index in [1.54, 1.807) is 31.4 Å². The molecule has 0 spiro atoms. The van der Waals surface area contributed by atoms with Crippen LogP contribution < -0.4 is 14.8 Å². The van der Waals surface area contributed by atoms with E-state index in [4.69, 9.17) is 9.47 Å². The number of amides is 1. The van der Waals surface area contributed by atoms with Gasteiger partial charge in [-0.3, -0.25) is 4.79 Å². The number of hydrogen-bond donors (Lipinski definition) is 1. The summed E-state index contributed by atoms with van der Waals surface area (Å²) in [6, 6.07) is 14.5. The molecule has 0 heterocycles. The Hall–Kier alpha value is -2.01. The van der Waals surface area contributed by atoms with Gasteiger partial charge in [-0.2, -0.15) is 0 Å². The molecule has 0 saturated heterocycles. The summed E-state index contributed by atoms with van der Waals surface area (Å²) in [5.41, 5.74) is 0.675. The number of carbonyl (C=O) groups excluding carboxylic acids is 1. The normalized spacial score (nSPS) is 9.90. The molecule has 0 atom stereocenters. The Kier molecular flexibility index (Phi) is 5.01. The van der Waals surface area contributed by atoms with E-state index in [2.05, 4.69) is 21.2 Å². The largest absolute Gasteiger partial charge is 0.497 e. The SMILES string of the molecule is COc1cccc(NC(=O)COc2ccc(Br)cc2)c1. The molecule has 0 aliphatic carbocycles. The van der Waals surface area contributed by atoms with Gasteiger partial charge in [-0.1, -0.05) is 22.0 Å². The number of hydrogen-bond acceptors (Lipinski definition) is 3. The zero-order valence-electron chi connectivity index (χ0n) is 10.9. The lowest BCUT2D eigenvalue weighted by Crippen LogP contribution is -2.20. The number of methoxy groups -OCH3 is 1. The first-order valence-corrected chi connectivity index (χ1v) is 6.79. The van der Waals surface area contributed by atoms with E-state index in [1.807, 2.05) is 24.3 Å². The molecule has 0 aliphatic heterocycles. The second kappa shape index (κ2) is 6.96. The summed E-state index contributed by atoms with van der Waals surface area (Å²) in [4.78, 5) is 11.8. The summed E-state index contributed by atoms with van der Waals surface area (Å²) in [6.45, 7) is -0.0428. The zero-order chi connectivity index (χ0) is 14.4. The third kappa shape index (κ3) is 4.28. The van der Waals surface area contributed by atoms with Gasteiger partial charge < -0.3 is 14.8 Å². The molecule has 0 unspecified atom stereocenters. The topological polar surface area (TPSA) is 47.6 Å². The van der Waals surface area contributed by atoms with E-state index in [0.717, 1.165) is 4.47 Å². The third-order valence-corrected chi connectivity index (χ3v) is 3.07. The number of halogens is 1. The van der Waals surface area contributed by atoms with Crippen molar-refractivity contribution in [2.24, 2.45) is 0 Å². The Balaban J connectivity index is 1.87. The number of anilines is 1. The highest BCUT2D eigenvalue weighted by atomic mass is 79.9. The number of ether oxygens (including phenoxy) is 2. The molecule has 2 rings (SSSR count). The molecule has 1 amide bonds. The van der Waals surface area contributed by atoms with Crippen molar-refractivity contribution in [1.29, 1.82) is 0 Å². The first kappa shape index (κ1) is 14.4. The van der Waals surface area contributed by atoms with Crippen molar-refractivity contribution in [3.8, 4) is 11.5 Å². The fraction of sp³-hybridized carbons (Fsp3) is 0.133. The molecule has 2 aromatic rings. The van der Waals surface area contributed by atoms with Crippen molar-refractivity contribution in [2.75, 3.05) is 19.0 Å². The Labute approximate surface area is 125 Å². The smallest absolute Gasteiger partial charge is 0.262 e. The lowest BCUT2D eigenvalue weighted by Gasteiger charge is -2.08. The van der Waals surface area contributed by atoms with Crippen LogP contribution in [0.3, 0.4) is 0 Å². The average Bonchev–Trinajstić information content (AvgIpc) is 2.47. The van der Waals surface area contributed by atoms with Gasteiger partial charge in [0.05, 0.1) is 7.11 Å². The maximum Gasteiger partial charge on any atom is 0.262 e. The summed E-state index contributed by atoms with van der Waals surface area (Å²) in [7, 11) is 1.58. The van der Waals surface area contributed by atoms with E-state index in [0.29, 0.717) is 17.2 Å². The van der Waals surface area contributed by atoms with Gasteiger partial charge in [-0.05, 0) is 36.4 Å². The van der Waals surface area contributed by atoms with Crippen LogP contribution in [0.1, 0.15) is 0 Å². The van der Waals surface area contributed by atoms with Crippen LogP contribution in [-0.2, 0) is 4.79 Å². The summed E-state index contributed by atoms with van der Waals surface area (Å²) < 4.78 is 11.4. The molecule has 0 radical (unpaired) electrons. The summed E-state index contributed by atoms with van der Waals surface area (Å²) in [5, 5.41) is 2.75. The van der Waals surface area contributed by atoms with Gasteiger partial charge in [0.1, 0.15) is 11.5 Å². The lowest BCUT2D eigenvalue weighted by atomic mass is 10.3. The van der Waals surface area contributed by atoms with Gasteiger partial charge in [0, 0.05) is 16.2 Å². The maximum absolute atomic E-state index is 11.8. The second-order valence-electron chi connectivity index (χ2n) is 4.02. The summed E-state index contributed by atoms with van der Waals surface area (Å²) in [6.07, 6.45) is 0. The predicted molar refractivity (Wildman–Crippen MR) is 81.3 cm³/mol. The van der Waals surface area contributed by atoms with Crippen LogP contribution in [0.2, 0.25) is 0 Å². The molecule has 2 aromatic carbocycles. The lowest BCUT2D eigenvalue weighted by molar-refractivity contribution is -0.118. The molecule has 0 saturated carbocycles. The van der Waals surface area contributed by atoms with Crippen molar-refractivity contribution in [3.63, 3.8) is 0 Å². The predicted octanol–water partition coefficient (Wildman–Crippen LogP) is 3.48. The molecule has 20 heavy (non-hydrogen) atoms. The Bertz CT molecular complexity index is 584. The van der Waals surface area contributed by atoms with Crippen LogP contribution in [0.4, 0.5) is 5.69 Å². The summed E-state index contributed by atoms with van der Waals surface area (Å²) >= 11 is 3.34. The Morgan fingerprint density at radius 3 is 2.60 bits per heavy atom. The van der Waals surface area contributed by atoms with Crippen LogP contribution in [0.25, 0.3) is 0 Å². The van der Waals surface area contributed by atoms with Crippen LogP contribution in [0.15, 0.2) is 53.0 Å². The minimum atomic E-state index is -0.221. The zero-order valence-corrected chi connectivity index (χ0v) is 12.5. The van der Waals surface area contributed by atoms with Gasteiger partial charge in [0.15, 0.2) is 6.61 Å². The van der Waals surface area contributed by atoms with Gasteiger partial charge in [0.2, 0.25) is 0 Å². The third-order valence-electron chi connectivity index (χ3n) is 2.54. The molecule has 104 valence electrons. The Morgan fingerprint density at radius 2 is 1.90 bits per heavy atom. The molecule has 0 bridgehead atoms. The van der Waals surface area contributed by atoms with Gasteiger partial charge in [-0.15, -0.1) is 0 Å². The van der Waals surface area contributed by atoms with E-state index in [-0.39, 0.29) is 12.5 Å². The monoisotopic (exact) mass is 335 g/mol. The fourth-order valence-corrected chi connectivity index (χ4v) is 1.84. The average molecular weight is 336 g/mol. The minimum Gasteiger partial charge on any atom is -0.497 e. The van der Waals surface area contributed by atoms with E-state index in [1.165, 1.54) is 0 Å². The summed E-state index contributed by atoms with van der Waals surface area (Å²) in [5.74, 6) is 1.12. The van der Waals surface area contributed by atoms with E-state index >= 15 is 0 Å². The molecular formula is C15H14BrNO3. The standard InChI is InChI=1S/C15H14BrNO3/c1-19-14-4-2-3-12(9-14)17-15(18)10-20-13-7-5-11(16)6-8-13/h2-9H,10H2,1H3,(H,17,18). The number of nitrogens with one attached hydrogen (secondary N) is 1. The van der Waals surface area contributed by atoms with E-state index < -0.39 is 0 Å². The van der Waals surface area contributed by atoms with Crippen LogP contribution in [0, 0.1) is 0 Å². The second-order valence-corrected chi connectivity index (χ2v) is 4.94. The van der Waals surface area contributed by atoms with Gasteiger partial charge in [0.25, 0.3) is 5.91 Å². The molecule has 5 heteroatoms. The number of carbonyl (C=O) groups is 1. The van der Waals surface area contributed by atoms with Crippen LogP contribution in [0.5, 0.6) is 11.5 Å². The number of rotatable bonds is 5. The van der Waals surface area contributed by atoms with Crippen LogP contribution in [-0.4, -0.2) is 19.6 Å². The molecule has 1 N–H and O–H groups in total. The highest BCUT2D eigenvalue weighted by molar-refractivity contribution is 9.10. The quantitative estimate of drug-likeness (QED) is 0.909. The first-order valence-electron chi connectivity index (χ1n) is 5.99. The van der Waals surface area contributed by atoms with Crippen molar-refractivity contribution in [1.82, 2.24) is 0 Å². The molecule has 0 aromatic heterocycles.